The zero-order valence-corrected chi connectivity index (χ0v) is 22.9. The first-order valence-corrected chi connectivity index (χ1v) is 12.9. The zero-order valence-electron chi connectivity index (χ0n) is 22.9. The van der Waals surface area contributed by atoms with Crippen LogP contribution < -0.4 is 18.9 Å². The Balaban J connectivity index is 0.000000362. The van der Waals surface area contributed by atoms with E-state index in [9.17, 15) is 5.21 Å². The third-order valence-corrected chi connectivity index (χ3v) is 6.04. The third-order valence-electron chi connectivity index (χ3n) is 6.04. The largest absolute Gasteiger partial charge is 1.00 e. The Kier molecular flexibility index (Phi) is 13.6. The van der Waals surface area contributed by atoms with Gasteiger partial charge in [0.2, 0.25) is 5.82 Å². The molecule has 0 atom stereocenters. The maximum atomic E-state index is 11.0. The molecule has 3 heterocycles. The van der Waals surface area contributed by atoms with Crippen molar-refractivity contribution in [3.05, 3.63) is 64.9 Å². The van der Waals surface area contributed by atoms with E-state index in [1.807, 2.05) is 30.3 Å². The van der Waals surface area contributed by atoms with Gasteiger partial charge in [0, 0.05) is 32.0 Å². The van der Waals surface area contributed by atoms with Gasteiger partial charge in [0.25, 0.3) is 0 Å². The molecule has 0 aliphatic carbocycles. The van der Waals surface area contributed by atoms with Crippen molar-refractivity contribution >= 4 is 5.82 Å². The summed E-state index contributed by atoms with van der Waals surface area (Å²) in [5.41, 5.74) is 4.56. The van der Waals surface area contributed by atoms with Gasteiger partial charge in [-0.2, -0.15) is 4.68 Å². The molecule has 0 amide bonds. The number of hydrogen-bond donors (Lipinski definition) is 0. The summed E-state index contributed by atoms with van der Waals surface area (Å²) in [6, 6.07) is 15.8. The summed E-state index contributed by atoms with van der Waals surface area (Å²) in [4.78, 5) is 0. The molecule has 37 heavy (non-hydrogen) atoms. The van der Waals surface area contributed by atoms with Crippen LogP contribution in [0, 0.1) is 5.21 Å². The number of hydrogen-bond acceptors (Lipinski definition) is 7. The van der Waals surface area contributed by atoms with E-state index in [2.05, 4.69) is 66.6 Å². The summed E-state index contributed by atoms with van der Waals surface area (Å²) in [5, 5.41) is 26.2. The molecule has 0 unspecified atom stereocenters. The number of aromatic nitrogens is 3. The van der Waals surface area contributed by atoms with Crippen LogP contribution in [0.1, 0.15) is 76.3 Å². The van der Waals surface area contributed by atoms with E-state index in [0.29, 0.717) is 11.5 Å². The maximum Gasteiger partial charge on any atom is 1.00 e. The van der Waals surface area contributed by atoms with Gasteiger partial charge < -0.3 is 14.7 Å². The molecule has 5 rings (SSSR count). The molecule has 8 nitrogen and oxygen atoms in total. The summed E-state index contributed by atoms with van der Waals surface area (Å²) in [6.45, 7) is 12.5. The van der Waals surface area contributed by atoms with Crippen LogP contribution in [0.3, 0.4) is 0 Å². The van der Waals surface area contributed by atoms with Gasteiger partial charge in [-0.1, -0.05) is 81.4 Å². The second-order valence-electron chi connectivity index (χ2n) is 9.45. The van der Waals surface area contributed by atoms with Crippen molar-refractivity contribution in [2.75, 3.05) is 26.4 Å². The van der Waals surface area contributed by atoms with Crippen molar-refractivity contribution in [3.63, 3.8) is 0 Å². The van der Waals surface area contributed by atoms with Gasteiger partial charge in [-0.3, -0.25) is 0 Å². The summed E-state index contributed by atoms with van der Waals surface area (Å²) in [6.07, 6.45) is 5.11. The van der Waals surface area contributed by atoms with Gasteiger partial charge in [-0.25, -0.2) is 5.28 Å². The summed E-state index contributed by atoms with van der Waals surface area (Å²) < 4.78 is 11.5. The molecule has 0 radical (unpaired) electrons. The standard InChI is InChI=1S/C20H23N5O.2C4H8O.Li/c1-13(2)16-11-8-12-17(14(3)4)19(16)25-20(22-24-26)18(21-23-25)15-9-6-5-7-10-15;2*1-2-4-5-3-1;/h5-14H,1-4H3,(H,22,26);2*1-4H2;/q;;;+1/p-1. The molecule has 2 saturated heterocycles. The quantitative estimate of drug-likeness (QED) is 0.295. The fourth-order valence-electron chi connectivity index (χ4n) is 4.12. The Labute approximate surface area is 232 Å². The summed E-state index contributed by atoms with van der Waals surface area (Å²) in [7, 11) is 0. The van der Waals surface area contributed by atoms with Crippen molar-refractivity contribution in [2.45, 2.75) is 65.2 Å². The first-order valence-electron chi connectivity index (χ1n) is 12.9. The van der Waals surface area contributed by atoms with Crippen LogP contribution in [0.5, 0.6) is 0 Å². The summed E-state index contributed by atoms with van der Waals surface area (Å²) >= 11 is 0. The minimum atomic E-state index is 0. The van der Waals surface area contributed by atoms with Crippen LogP contribution in [0.4, 0.5) is 5.82 Å². The smallest absolute Gasteiger partial charge is 0.775 e. The molecule has 0 saturated carbocycles. The Hall–Kier alpha value is -2.50. The Morgan fingerprint density at radius 2 is 1.30 bits per heavy atom. The van der Waals surface area contributed by atoms with E-state index in [-0.39, 0.29) is 30.7 Å². The molecule has 0 N–H and O–H groups in total. The van der Waals surface area contributed by atoms with Crippen LogP contribution >= 0.6 is 0 Å². The number of benzene rings is 2. The molecule has 2 aromatic carbocycles. The zero-order chi connectivity index (χ0) is 25.8. The number of nitrogens with zero attached hydrogens (tertiary/aromatic N) is 5. The monoisotopic (exact) mass is 499 g/mol. The SMILES string of the molecule is C1CCOC1.C1CCOC1.CC(C)c1cccc(C(C)C)c1-n1nnc(-c2ccccc2)c1/N=N/[O-].[Li+]. The van der Waals surface area contributed by atoms with E-state index in [4.69, 9.17) is 9.47 Å². The number of para-hydroxylation sites is 1. The average molecular weight is 500 g/mol. The molecule has 2 fully saturated rings. The normalized spacial score (nSPS) is 14.8. The fourth-order valence-corrected chi connectivity index (χ4v) is 4.12. The van der Waals surface area contributed by atoms with E-state index in [0.717, 1.165) is 48.8 Å². The van der Waals surface area contributed by atoms with Crippen LogP contribution in [0.2, 0.25) is 0 Å². The third kappa shape index (κ3) is 8.79. The van der Waals surface area contributed by atoms with Crippen molar-refractivity contribution in [1.29, 1.82) is 0 Å². The molecule has 1 aromatic heterocycles. The van der Waals surface area contributed by atoms with E-state index < -0.39 is 0 Å². The first-order chi connectivity index (χ1) is 17.5. The van der Waals surface area contributed by atoms with Crippen LogP contribution in [0.25, 0.3) is 16.9 Å². The van der Waals surface area contributed by atoms with Gasteiger partial charge >= 0.3 is 18.9 Å². The molecule has 3 aromatic rings. The predicted molar refractivity (Wildman–Crippen MR) is 143 cm³/mol. The molecular formula is C28H38LiN5O3. The van der Waals surface area contributed by atoms with Crippen LogP contribution in [0.15, 0.2) is 58.9 Å². The molecular weight excluding hydrogens is 461 g/mol. The number of rotatable bonds is 5. The topological polar surface area (TPSA) is 97.0 Å². The Bertz CT molecular complexity index is 1030. The van der Waals surface area contributed by atoms with Crippen molar-refractivity contribution in [2.24, 2.45) is 10.4 Å². The maximum absolute atomic E-state index is 11.0. The van der Waals surface area contributed by atoms with E-state index >= 15 is 0 Å². The first kappa shape index (κ1) is 30.7. The number of ether oxygens (including phenoxy) is 2. The van der Waals surface area contributed by atoms with Crippen LogP contribution in [-0.4, -0.2) is 41.4 Å². The minimum absolute atomic E-state index is 0. The van der Waals surface area contributed by atoms with Gasteiger partial charge in [-0.15, -0.1) is 10.2 Å². The molecule has 9 heteroatoms. The van der Waals surface area contributed by atoms with E-state index in [1.54, 1.807) is 4.68 Å². The van der Waals surface area contributed by atoms with Gasteiger partial charge in [0.15, 0.2) is 0 Å². The second-order valence-corrected chi connectivity index (χ2v) is 9.45. The van der Waals surface area contributed by atoms with Gasteiger partial charge in [0.05, 0.1) is 5.69 Å². The van der Waals surface area contributed by atoms with Crippen molar-refractivity contribution < 1.29 is 28.3 Å². The van der Waals surface area contributed by atoms with Crippen molar-refractivity contribution in [3.8, 4) is 16.9 Å². The predicted octanol–water partition coefficient (Wildman–Crippen LogP) is 4.36. The Morgan fingerprint density at radius 3 is 1.70 bits per heavy atom. The molecule has 2 aliphatic heterocycles. The minimum Gasteiger partial charge on any atom is -0.775 e. The van der Waals surface area contributed by atoms with Gasteiger partial charge in [0.1, 0.15) is 5.69 Å². The summed E-state index contributed by atoms with van der Waals surface area (Å²) in [5.74, 6) is 0.913. The fraction of sp³-hybridized carbons (Fsp3) is 0.500. The van der Waals surface area contributed by atoms with Crippen LogP contribution in [-0.2, 0) is 9.47 Å². The van der Waals surface area contributed by atoms with E-state index in [1.165, 1.54) is 25.7 Å². The Morgan fingerprint density at radius 1 is 0.784 bits per heavy atom. The second kappa shape index (κ2) is 16.4. The average Bonchev–Trinajstić information content (AvgIpc) is 3.70. The van der Waals surface area contributed by atoms with Gasteiger partial charge in [-0.05, 0) is 48.6 Å². The molecule has 0 spiro atoms. The molecule has 0 bridgehead atoms. The molecule has 194 valence electrons. The molecule has 2 aliphatic rings. The van der Waals surface area contributed by atoms with Crippen molar-refractivity contribution in [1.82, 2.24) is 15.0 Å².